The Balaban J connectivity index is 2.33. The van der Waals surface area contributed by atoms with Gasteiger partial charge in [0.1, 0.15) is 10.6 Å². The first-order chi connectivity index (χ1) is 11.9. The summed E-state index contributed by atoms with van der Waals surface area (Å²) in [7, 11) is -2.23. The summed E-state index contributed by atoms with van der Waals surface area (Å²) in [6.45, 7) is 4.38. The molecule has 0 heterocycles. The molecule has 0 atom stereocenters. The molecule has 0 amide bonds. The van der Waals surface area contributed by atoms with Gasteiger partial charge >= 0.3 is 0 Å². The third-order valence-electron chi connectivity index (χ3n) is 3.35. The fraction of sp³-hybridized carbons (Fsp3) is 0.235. The lowest BCUT2D eigenvalue weighted by Gasteiger charge is -2.15. The molecule has 0 saturated heterocycles. The molecule has 25 heavy (non-hydrogen) atoms. The van der Waals surface area contributed by atoms with Gasteiger partial charge in [-0.2, -0.15) is 0 Å². The molecule has 0 aromatic heterocycles. The number of aryl methyl sites for hydroxylation is 1. The summed E-state index contributed by atoms with van der Waals surface area (Å²) in [5, 5.41) is 6.24. The number of sulfonamides is 1. The molecule has 0 saturated carbocycles. The molecule has 0 aliphatic carbocycles. The van der Waals surface area contributed by atoms with Crippen molar-refractivity contribution in [1.29, 1.82) is 0 Å². The summed E-state index contributed by atoms with van der Waals surface area (Å²) < 4.78 is 33.3. The third-order valence-corrected chi connectivity index (χ3v) is 5.02. The molecule has 3 N–H and O–H groups in total. The summed E-state index contributed by atoms with van der Waals surface area (Å²) in [6, 6.07) is 11.8. The molecule has 0 aliphatic rings. The van der Waals surface area contributed by atoms with Crippen LogP contribution >= 0.6 is 12.2 Å². The molecule has 6 nitrogen and oxygen atoms in total. The second-order valence-electron chi connectivity index (χ2n) is 5.32. The maximum absolute atomic E-state index is 12.8. The number of methoxy groups -OCH3 is 1. The minimum Gasteiger partial charge on any atom is -0.497 e. The highest BCUT2D eigenvalue weighted by Gasteiger charge is 2.20. The molecule has 0 fully saturated rings. The lowest BCUT2D eigenvalue weighted by Crippen LogP contribution is -2.29. The van der Waals surface area contributed by atoms with Gasteiger partial charge in [-0.05, 0) is 68.0 Å². The number of anilines is 2. The van der Waals surface area contributed by atoms with E-state index in [1.807, 2.05) is 19.9 Å². The van der Waals surface area contributed by atoms with Gasteiger partial charge in [-0.3, -0.25) is 4.72 Å². The quantitative estimate of drug-likeness (QED) is 0.670. The van der Waals surface area contributed by atoms with E-state index >= 15 is 0 Å². The number of ether oxygens (including phenoxy) is 1. The Hall–Kier alpha value is -2.32. The topological polar surface area (TPSA) is 79.5 Å². The highest BCUT2D eigenvalue weighted by Crippen LogP contribution is 2.26. The van der Waals surface area contributed by atoms with Gasteiger partial charge < -0.3 is 15.4 Å². The van der Waals surface area contributed by atoms with Gasteiger partial charge in [0.25, 0.3) is 10.0 Å². The van der Waals surface area contributed by atoms with E-state index in [0.717, 1.165) is 5.56 Å². The van der Waals surface area contributed by atoms with Crippen LogP contribution < -0.4 is 20.1 Å². The first-order valence-electron chi connectivity index (χ1n) is 7.68. The highest BCUT2D eigenvalue weighted by atomic mass is 32.2. The molecule has 0 spiro atoms. The number of rotatable bonds is 6. The number of hydrogen-bond donors (Lipinski definition) is 3. The fourth-order valence-electron chi connectivity index (χ4n) is 2.15. The molecule has 0 aliphatic heterocycles. The molecule has 134 valence electrons. The minimum atomic E-state index is -3.79. The largest absolute Gasteiger partial charge is 0.497 e. The summed E-state index contributed by atoms with van der Waals surface area (Å²) in [4.78, 5) is 0.128. The normalized spacial score (nSPS) is 10.8. The first-order valence-corrected chi connectivity index (χ1v) is 9.57. The van der Waals surface area contributed by atoms with Crippen LogP contribution in [-0.2, 0) is 10.0 Å². The molecular weight excluding hydrogens is 358 g/mol. The molecule has 2 aromatic carbocycles. The Labute approximate surface area is 153 Å². The van der Waals surface area contributed by atoms with Gasteiger partial charge in [-0.15, -0.1) is 0 Å². The highest BCUT2D eigenvalue weighted by molar-refractivity contribution is 7.93. The Morgan fingerprint density at radius 2 is 1.84 bits per heavy atom. The molecule has 0 unspecified atom stereocenters. The molecule has 0 bridgehead atoms. The monoisotopic (exact) mass is 379 g/mol. The van der Waals surface area contributed by atoms with Crippen molar-refractivity contribution in [1.82, 2.24) is 5.32 Å². The van der Waals surface area contributed by atoms with Gasteiger partial charge in [-0.25, -0.2) is 8.42 Å². The fourth-order valence-corrected chi connectivity index (χ4v) is 3.71. The van der Waals surface area contributed by atoms with Crippen molar-refractivity contribution in [3.8, 4) is 5.75 Å². The number of nitrogens with one attached hydrogen (secondary N) is 3. The average molecular weight is 380 g/mol. The predicted molar refractivity (Wildman–Crippen MR) is 105 cm³/mol. The van der Waals surface area contributed by atoms with Crippen LogP contribution in [0.4, 0.5) is 11.4 Å². The van der Waals surface area contributed by atoms with Gasteiger partial charge in [0, 0.05) is 12.2 Å². The van der Waals surface area contributed by atoms with Crippen molar-refractivity contribution in [3.05, 3.63) is 48.0 Å². The molecule has 2 rings (SSSR count). The lowest BCUT2D eigenvalue weighted by atomic mass is 10.2. The average Bonchev–Trinajstić information content (AvgIpc) is 2.57. The second kappa shape index (κ2) is 8.17. The van der Waals surface area contributed by atoms with E-state index in [1.54, 1.807) is 43.5 Å². The number of benzene rings is 2. The zero-order valence-electron chi connectivity index (χ0n) is 14.3. The van der Waals surface area contributed by atoms with E-state index in [2.05, 4.69) is 15.4 Å². The van der Waals surface area contributed by atoms with Crippen molar-refractivity contribution in [2.24, 2.45) is 0 Å². The van der Waals surface area contributed by atoms with Crippen LogP contribution in [0.25, 0.3) is 0 Å². The smallest absolute Gasteiger partial charge is 0.263 e. The third kappa shape index (κ3) is 5.07. The van der Waals surface area contributed by atoms with Crippen molar-refractivity contribution in [3.63, 3.8) is 0 Å². The van der Waals surface area contributed by atoms with Crippen LogP contribution in [0.2, 0.25) is 0 Å². The van der Waals surface area contributed by atoms with Gasteiger partial charge in [0.2, 0.25) is 0 Å². The van der Waals surface area contributed by atoms with E-state index in [9.17, 15) is 8.42 Å². The Bertz CT molecular complexity index is 850. The summed E-state index contributed by atoms with van der Waals surface area (Å²) in [5.74, 6) is 0.650. The SMILES string of the molecule is CCNC(=S)Nc1ccc(C)cc1S(=O)(=O)Nc1ccc(OC)cc1. The number of hydrogen-bond acceptors (Lipinski definition) is 4. The zero-order chi connectivity index (χ0) is 18.4. The van der Waals surface area contributed by atoms with Crippen LogP contribution in [0.1, 0.15) is 12.5 Å². The molecule has 8 heteroatoms. The predicted octanol–water partition coefficient (Wildman–Crippen LogP) is 3.11. The van der Waals surface area contributed by atoms with E-state index in [1.165, 1.54) is 0 Å². The standard InChI is InChI=1S/C17H21N3O3S2/c1-4-18-17(24)19-15-10-5-12(2)11-16(15)25(21,22)20-13-6-8-14(23-3)9-7-13/h5-11,20H,4H2,1-3H3,(H2,18,19,24). The van der Waals surface area contributed by atoms with E-state index in [4.69, 9.17) is 17.0 Å². The zero-order valence-corrected chi connectivity index (χ0v) is 15.9. The minimum absolute atomic E-state index is 0.128. The van der Waals surface area contributed by atoms with E-state index in [0.29, 0.717) is 28.8 Å². The number of thiocarbonyl (C=S) groups is 1. The van der Waals surface area contributed by atoms with Crippen LogP contribution in [0.15, 0.2) is 47.4 Å². The molecule has 2 aromatic rings. The van der Waals surface area contributed by atoms with Crippen molar-refractivity contribution in [2.75, 3.05) is 23.7 Å². The maximum atomic E-state index is 12.8. The first kappa shape index (κ1) is 19.0. The Kier molecular flexibility index (Phi) is 6.22. The van der Waals surface area contributed by atoms with Crippen LogP contribution in [-0.4, -0.2) is 27.2 Å². The van der Waals surface area contributed by atoms with Crippen LogP contribution in [0, 0.1) is 6.92 Å². The Morgan fingerprint density at radius 1 is 1.16 bits per heavy atom. The molecular formula is C17H21N3O3S2. The van der Waals surface area contributed by atoms with E-state index in [-0.39, 0.29) is 4.90 Å². The second-order valence-corrected chi connectivity index (χ2v) is 7.38. The van der Waals surface area contributed by atoms with Crippen LogP contribution in [0.3, 0.4) is 0 Å². The van der Waals surface area contributed by atoms with Gasteiger partial charge in [0.05, 0.1) is 12.8 Å². The maximum Gasteiger partial charge on any atom is 0.263 e. The summed E-state index contributed by atoms with van der Waals surface area (Å²) in [5.41, 5.74) is 1.69. The van der Waals surface area contributed by atoms with Crippen LogP contribution in [0.5, 0.6) is 5.75 Å². The van der Waals surface area contributed by atoms with E-state index < -0.39 is 10.0 Å². The molecule has 0 radical (unpaired) electrons. The summed E-state index contributed by atoms with van der Waals surface area (Å²) in [6.07, 6.45) is 0. The Morgan fingerprint density at radius 3 is 2.44 bits per heavy atom. The summed E-state index contributed by atoms with van der Waals surface area (Å²) >= 11 is 5.16. The lowest BCUT2D eigenvalue weighted by molar-refractivity contribution is 0.415. The van der Waals surface area contributed by atoms with Crippen molar-refractivity contribution in [2.45, 2.75) is 18.7 Å². The van der Waals surface area contributed by atoms with Gasteiger partial charge in [0.15, 0.2) is 5.11 Å². The van der Waals surface area contributed by atoms with Crippen molar-refractivity contribution < 1.29 is 13.2 Å². The van der Waals surface area contributed by atoms with Crippen molar-refractivity contribution >= 4 is 38.7 Å². The van der Waals surface area contributed by atoms with Gasteiger partial charge in [-0.1, -0.05) is 6.07 Å².